The highest BCUT2D eigenvalue weighted by Gasteiger charge is 2.31. The SMILES string of the molecule is COc1ccc(C(=O)N2CCN(c3ncccc3C#N)CC2)cc1S(=O)(=O)NC1CC1. The molecular formula is C21H23N5O4S. The number of carbonyl (C=O) groups is 1. The summed E-state index contributed by atoms with van der Waals surface area (Å²) in [5.74, 6) is 0.571. The molecule has 0 atom stereocenters. The van der Waals surface area contributed by atoms with Gasteiger partial charge in [-0.1, -0.05) is 0 Å². The highest BCUT2D eigenvalue weighted by atomic mass is 32.2. The van der Waals surface area contributed by atoms with Crippen molar-refractivity contribution in [3.63, 3.8) is 0 Å². The van der Waals surface area contributed by atoms with Crippen LogP contribution >= 0.6 is 0 Å². The first-order chi connectivity index (χ1) is 14.9. The molecule has 9 nitrogen and oxygen atoms in total. The Morgan fingerprint density at radius 2 is 1.97 bits per heavy atom. The molecule has 0 bridgehead atoms. The summed E-state index contributed by atoms with van der Waals surface area (Å²) in [6.45, 7) is 1.94. The van der Waals surface area contributed by atoms with Crippen molar-refractivity contribution in [3.8, 4) is 11.8 Å². The van der Waals surface area contributed by atoms with Crippen molar-refractivity contribution in [2.75, 3.05) is 38.2 Å². The van der Waals surface area contributed by atoms with Crippen molar-refractivity contribution in [2.24, 2.45) is 0 Å². The molecule has 2 fully saturated rings. The second-order valence-corrected chi connectivity index (χ2v) is 9.21. The number of piperazine rings is 1. The van der Waals surface area contributed by atoms with E-state index in [0.29, 0.717) is 43.1 Å². The lowest BCUT2D eigenvalue weighted by Crippen LogP contribution is -2.49. The maximum absolute atomic E-state index is 13.1. The van der Waals surface area contributed by atoms with Crippen LogP contribution in [-0.2, 0) is 10.0 Å². The number of hydrogen-bond acceptors (Lipinski definition) is 7. The number of nitrogens with one attached hydrogen (secondary N) is 1. The van der Waals surface area contributed by atoms with E-state index in [2.05, 4.69) is 15.8 Å². The molecule has 1 aromatic carbocycles. The molecule has 1 saturated heterocycles. The molecule has 1 aliphatic heterocycles. The van der Waals surface area contributed by atoms with E-state index in [1.165, 1.54) is 19.2 Å². The number of pyridine rings is 1. The summed E-state index contributed by atoms with van der Waals surface area (Å²) in [7, 11) is -2.37. The fourth-order valence-electron chi connectivity index (χ4n) is 3.54. The molecule has 1 N–H and O–H groups in total. The number of anilines is 1. The number of nitriles is 1. The van der Waals surface area contributed by atoms with E-state index in [9.17, 15) is 18.5 Å². The molecule has 2 aromatic rings. The number of rotatable bonds is 6. The van der Waals surface area contributed by atoms with Crippen molar-refractivity contribution < 1.29 is 17.9 Å². The first kappa shape index (κ1) is 21.1. The summed E-state index contributed by atoms with van der Waals surface area (Å²) in [4.78, 5) is 21.0. The predicted molar refractivity (Wildman–Crippen MR) is 113 cm³/mol. The van der Waals surface area contributed by atoms with Crippen molar-refractivity contribution in [1.29, 1.82) is 5.26 Å². The first-order valence-corrected chi connectivity index (χ1v) is 11.5. The number of methoxy groups -OCH3 is 1. The van der Waals surface area contributed by atoms with Crippen LogP contribution in [0, 0.1) is 11.3 Å². The van der Waals surface area contributed by atoms with Crippen LogP contribution in [-0.4, -0.2) is 63.5 Å². The Labute approximate surface area is 181 Å². The number of hydrogen-bond donors (Lipinski definition) is 1. The van der Waals surface area contributed by atoms with E-state index in [-0.39, 0.29) is 22.6 Å². The lowest BCUT2D eigenvalue weighted by Gasteiger charge is -2.35. The first-order valence-electron chi connectivity index (χ1n) is 10.0. The number of aromatic nitrogens is 1. The summed E-state index contributed by atoms with van der Waals surface area (Å²) >= 11 is 0. The van der Waals surface area contributed by atoms with Crippen LogP contribution in [0.25, 0.3) is 0 Å². The third kappa shape index (κ3) is 4.47. The summed E-state index contributed by atoms with van der Waals surface area (Å²) < 4.78 is 33.3. The Balaban J connectivity index is 1.50. The zero-order chi connectivity index (χ0) is 22.0. The van der Waals surface area contributed by atoms with E-state index >= 15 is 0 Å². The van der Waals surface area contributed by atoms with Crippen molar-refractivity contribution in [1.82, 2.24) is 14.6 Å². The van der Waals surface area contributed by atoms with Gasteiger partial charge >= 0.3 is 0 Å². The summed E-state index contributed by atoms with van der Waals surface area (Å²) in [5, 5.41) is 9.29. The average Bonchev–Trinajstić information content (AvgIpc) is 3.61. The van der Waals surface area contributed by atoms with Gasteiger partial charge in [-0.25, -0.2) is 18.1 Å². The van der Waals surface area contributed by atoms with E-state index in [1.54, 1.807) is 29.3 Å². The van der Waals surface area contributed by atoms with Gasteiger partial charge in [0, 0.05) is 44.0 Å². The van der Waals surface area contributed by atoms with Gasteiger partial charge in [0.2, 0.25) is 10.0 Å². The van der Waals surface area contributed by atoms with Gasteiger partial charge < -0.3 is 14.5 Å². The van der Waals surface area contributed by atoms with Crippen LogP contribution in [0.5, 0.6) is 5.75 Å². The zero-order valence-corrected chi connectivity index (χ0v) is 17.9. The normalized spacial score (nSPS) is 16.6. The Bertz CT molecular complexity index is 1130. The number of amides is 1. The van der Waals surface area contributed by atoms with E-state index in [4.69, 9.17) is 4.74 Å². The smallest absolute Gasteiger partial charge is 0.254 e. The largest absolute Gasteiger partial charge is 0.495 e. The Morgan fingerprint density at radius 1 is 1.23 bits per heavy atom. The summed E-state index contributed by atoms with van der Waals surface area (Å²) in [5.41, 5.74) is 0.788. The van der Waals surface area contributed by atoms with E-state index in [1.807, 2.05) is 4.90 Å². The molecule has 162 valence electrons. The fraction of sp³-hybridized carbons (Fsp3) is 0.381. The number of carbonyl (C=O) groups excluding carboxylic acids is 1. The van der Waals surface area contributed by atoms with Gasteiger partial charge in [0.05, 0.1) is 12.7 Å². The third-order valence-corrected chi connectivity index (χ3v) is 6.91. The molecule has 1 amide bonds. The lowest BCUT2D eigenvalue weighted by molar-refractivity contribution is 0.0746. The summed E-state index contributed by atoms with van der Waals surface area (Å²) in [6, 6.07) is 10.00. The van der Waals surface area contributed by atoms with Crippen LogP contribution in [0.1, 0.15) is 28.8 Å². The molecule has 10 heteroatoms. The molecular weight excluding hydrogens is 418 g/mol. The second-order valence-electron chi connectivity index (χ2n) is 7.53. The molecule has 0 radical (unpaired) electrons. The third-order valence-electron chi connectivity index (χ3n) is 5.37. The molecule has 0 unspecified atom stereocenters. The van der Waals surface area contributed by atoms with Gasteiger partial charge in [-0.15, -0.1) is 0 Å². The van der Waals surface area contributed by atoms with Crippen LogP contribution in [0.15, 0.2) is 41.4 Å². The van der Waals surface area contributed by atoms with Crippen LogP contribution in [0.4, 0.5) is 5.82 Å². The van der Waals surface area contributed by atoms with Crippen LogP contribution in [0.2, 0.25) is 0 Å². The molecule has 1 saturated carbocycles. The monoisotopic (exact) mass is 441 g/mol. The molecule has 2 aliphatic rings. The number of nitrogens with zero attached hydrogens (tertiary/aromatic N) is 4. The lowest BCUT2D eigenvalue weighted by atomic mass is 10.1. The van der Waals surface area contributed by atoms with Gasteiger partial charge in [0.25, 0.3) is 5.91 Å². The maximum Gasteiger partial charge on any atom is 0.254 e. The average molecular weight is 442 g/mol. The van der Waals surface area contributed by atoms with Crippen molar-refractivity contribution in [2.45, 2.75) is 23.8 Å². The number of sulfonamides is 1. The van der Waals surface area contributed by atoms with Gasteiger partial charge in [0.15, 0.2) is 0 Å². The Hall–Kier alpha value is -3.16. The summed E-state index contributed by atoms with van der Waals surface area (Å²) in [6.07, 6.45) is 3.27. The highest BCUT2D eigenvalue weighted by Crippen LogP contribution is 2.29. The topological polar surface area (TPSA) is 116 Å². The predicted octanol–water partition coefficient (Wildman–Crippen LogP) is 1.36. The Morgan fingerprint density at radius 3 is 2.61 bits per heavy atom. The van der Waals surface area contributed by atoms with Gasteiger partial charge in [-0.3, -0.25) is 4.79 Å². The molecule has 2 heterocycles. The number of ether oxygens (including phenoxy) is 1. The molecule has 0 spiro atoms. The van der Waals surface area contributed by atoms with E-state index in [0.717, 1.165) is 12.8 Å². The molecule has 1 aromatic heterocycles. The van der Waals surface area contributed by atoms with E-state index < -0.39 is 10.0 Å². The standard InChI is InChI=1S/C21H23N5O4S/c1-30-18-7-4-15(13-19(18)31(28,29)24-17-5-6-17)21(27)26-11-9-25(10-12-26)20-16(14-22)3-2-8-23-20/h2-4,7-8,13,17,24H,5-6,9-12H2,1H3. The van der Waals surface area contributed by atoms with Crippen molar-refractivity contribution in [3.05, 3.63) is 47.7 Å². The fourth-order valence-corrected chi connectivity index (χ4v) is 5.04. The van der Waals surface area contributed by atoms with Gasteiger partial charge in [-0.2, -0.15) is 5.26 Å². The van der Waals surface area contributed by atoms with Crippen LogP contribution < -0.4 is 14.4 Å². The minimum absolute atomic E-state index is 0.0291. The highest BCUT2D eigenvalue weighted by molar-refractivity contribution is 7.89. The molecule has 4 rings (SSSR count). The Kier molecular flexibility index (Phi) is 5.80. The van der Waals surface area contributed by atoms with Crippen molar-refractivity contribution >= 4 is 21.7 Å². The number of benzene rings is 1. The van der Waals surface area contributed by atoms with Gasteiger partial charge in [-0.05, 0) is 43.2 Å². The van der Waals surface area contributed by atoms with Crippen LogP contribution in [0.3, 0.4) is 0 Å². The zero-order valence-electron chi connectivity index (χ0n) is 17.1. The quantitative estimate of drug-likeness (QED) is 0.720. The van der Waals surface area contributed by atoms with Gasteiger partial charge in [0.1, 0.15) is 22.5 Å². The minimum atomic E-state index is -3.77. The second kappa shape index (κ2) is 8.53. The molecule has 1 aliphatic carbocycles. The molecule has 31 heavy (non-hydrogen) atoms. The minimum Gasteiger partial charge on any atom is -0.495 e. The maximum atomic E-state index is 13.1.